The number of rotatable bonds is 4. The van der Waals surface area contributed by atoms with Gasteiger partial charge in [-0.25, -0.2) is 0 Å². The third-order valence-corrected chi connectivity index (χ3v) is 4.43. The molecule has 94 valence electrons. The fourth-order valence-electron chi connectivity index (χ4n) is 2.60. The maximum atomic E-state index is 10.8. The lowest BCUT2D eigenvalue weighted by Gasteiger charge is -2.22. The van der Waals surface area contributed by atoms with Gasteiger partial charge in [-0.15, -0.1) is 11.3 Å². The summed E-state index contributed by atoms with van der Waals surface area (Å²) in [5.74, 6) is -0.680. The maximum Gasteiger partial charge on any atom is 0.304 e. The predicted octanol–water partition coefficient (Wildman–Crippen LogP) is 2.80. The molecular weight excluding hydrogens is 234 g/mol. The Morgan fingerprint density at radius 3 is 2.94 bits per heavy atom. The van der Waals surface area contributed by atoms with Crippen LogP contribution in [-0.2, 0) is 11.3 Å². The summed E-state index contributed by atoms with van der Waals surface area (Å²) in [6.45, 7) is 6.22. The smallest absolute Gasteiger partial charge is 0.304 e. The number of aliphatic carboxylic acids is 1. The van der Waals surface area contributed by atoms with E-state index in [2.05, 4.69) is 24.8 Å². The molecule has 1 aromatic rings. The van der Waals surface area contributed by atoms with E-state index in [0.29, 0.717) is 0 Å². The van der Waals surface area contributed by atoms with Crippen LogP contribution in [0.5, 0.6) is 0 Å². The van der Waals surface area contributed by atoms with Crippen molar-refractivity contribution in [3.8, 4) is 0 Å². The first kappa shape index (κ1) is 12.6. The number of nitrogens with zero attached hydrogens (tertiary/aromatic N) is 1. The van der Waals surface area contributed by atoms with E-state index in [1.54, 1.807) is 0 Å². The SMILES string of the molecule is Cc1cc(CN2CCCC2CC(=O)O)c(C)s1. The summed E-state index contributed by atoms with van der Waals surface area (Å²) in [5.41, 5.74) is 1.37. The largest absolute Gasteiger partial charge is 0.481 e. The summed E-state index contributed by atoms with van der Waals surface area (Å²) in [4.78, 5) is 15.8. The van der Waals surface area contributed by atoms with Gasteiger partial charge in [-0.05, 0) is 44.9 Å². The Labute approximate surface area is 106 Å². The average Bonchev–Trinajstić information content (AvgIpc) is 2.75. The second kappa shape index (κ2) is 5.19. The minimum Gasteiger partial charge on any atom is -0.481 e. The monoisotopic (exact) mass is 253 g/mol. The molecule has 3 nitrogen and oxygen atoms in total. The number of carboxylic acids is 1. The molecule has 0 aliphatic carbocycles. The molecule has 0 radical (unpaired) electrons. The van der Waals surface area contributed by atoms with Crippen LogP contribution < -0.4 is 0 Å². The van der Waals surface area contributed by atoms with Gasteiger partial charge in [-0.3, -0.25) is 9.69 Å². The quantitative estimate of drug-likeness (QED) is 0.897. The Bertz CT molecular complexity index is 414. The molecule has 0 amide bonds. The molecule has 1 saturated heterocycles. The van der Waals surface area contributed by atoms with Crippen molar-refractivity contribution >= 4 is 17.3 Å². The van der Waals surface area contributed by atoms with Crippen LogP contribution in [0.3, 0.4) is 0 Å². The van der Waals surface area contributed by atoms with Gasteiger partial charge in [0.1, 0.15) is 0 Å². The number of thiophene rings is 1. The van der Waals surface area contributed by atoms with Crippen molar-refractivity contribution in [2.75, 3.05) is 6.54 Å². The second-order valence-corrected chi connectivity index (χ2v) is 6.26. The summed E-state index contributed by atoms with van der Waals surface area (Å²) in [7, 11) is 0. The van der Waals surface area contributed by atoms with E-state index in [-0.39, 0.29) is 12.5 Å². The van der Waals surface area contributed by atoms with Gasteiger partial charge in [0.25, 0.3) is 0 Å². The zero-order chi connectivity index (χ0) is 12.4. The van der Waals surface area contributed by atoms with Gasteiger partial charge in [-0.1, -0.05) is 0 Å². The molecule has 1 aliphatic heterocycles. The van der Waals surface area contributed by atoms with Gasteiger partial charge in [-0.2, -0.15) is 0 Å². The van der Waals surface area contributed by atoms with Crippen LogP contribution in [0.2, 0.25) is 0 Å². The molecule has 1 fully saturated rings. The molecule has 1 aliphatic rings. The summed E-state index contributed by atoms with van der Waals surface area (Å²) in [6.07, 6.45) is 2.43. The first-order chi connectivity index (χ1) is 8.06. The number of likely N-dealkylation sites (tertiary alicyclic amines) is 1. The van der Waals surface area contributed by atoms with Crippen molar-refractivity contribution in [1.82, 2.24) is 4.90 Å². The molecule has 4 heteroatoms. The highest BCUT2D eigenvalue weighted by Gasteiger charge is 2.26. The topological polar surface area (TPSA) is 40.5 Å². The normalized spacial score (nSPS) is 20.9. The van der Waals surface area contributed by atoms with E-state index in [4.69, 9.17) is 5.11 Å². The van der Waals surface area contributed by atoms with E-state index in [9.17, 15) is 4.79 Å². The van der Waals surface area contributed by atoms with Crippen molar-refractivity contribution in [2.24, 2.45) is 0 Å². The molecular formula is C13H19NO2S. The van der Waals surface area contributed by atoms with Crippen LogP contribution in [0.1, 0.15) is 34.6 Å². The predicted molar refractivity (Wildman–Crippen MR) is 69.5 cm³/mol. The standard InChI is InChI=1S/C13H19NO2S/c1-9-6-11(10(2)17-9)8-14-5-3-4-12(14)7-13(15)16/h6,12H,3-5,7-8H2,1-2H3,(H,15,16). The summed E-state index contributed by atoms with van der Waals surface area (Å²) >= 11 is 1.82. The summed E-state index contributed by atoms with van der Waals surface area (Å²) in [5, 5.41) is 8.89. The lowest BCUT2D eigenvalue weighted by Crippen LogP contribution is -2.30. The minimum atomic E-state index is -0.680. The third-order valence-electron chi connectivity index (χ3n) is 3.43. The van der Waals surface area contributed by atoms with Crippen molar-refractivity contribution in [1.29, 1.82) is 0 Å². The molecule has 17 heavy (non-hydrogen) atoms. The summed E-state index contributed by atoms with van der Waals surface area (Å²) < 4.78 is 0. The first-order valence-corrected chi connectivity index (χ1v) is 6.89. The molecule has 0 bridgehead atoms. The van der Waals surface area contributed by atoms with Crippen molar-refractivity contribution in [3.63, 3.8) is 0 Å². The van der Waals surface area contributed by atoms with Gasteiger partial charge < -0.3 is 5.11 Å². The molecule has 0 spiro atoms. The molecule has 1 aromatic heterocycles. The molecule has 2 rings (SSSR count). The van der Waals surface area contributed by atoms with Crippen LogP contribution >= 0.6 is 11.3 Å². The molecule has 1 unspecified atom stereocenters. The second-order valence-electron chi connectivity index (χ2n) is 4.80. The van der Waals surface area contributed by atoms with E-state index < -0.39 is 5.97 Å². The van der Waals surface area contributed by atoms with Crippen molar-refractivity contribution < 1.29 is 9.90 Å². The average molecular weight is 253 g/mol. The van der Waals surface area contributed by atoms with Gasteiger partial charge in [0.2, 0.25) is 0 Å². The molecule has 0 saturated carbocycles. The number of carbonyl (C=O) groups is 1. The highest BCUT2D eigenvalue weighted by molar-refractivity contribution is 7.12. The number of hydrogen-bond acceptors (Lipinski definition) is 3. The Kier molecular flexibility index (Phi) is 3.84. The molecule has 2 heterocycles. The maximum absolute atomic E-state index is 10.8. The molecule has 1 N–H and O–H groups in total. The highest BCUT2D eigenvalue weighted by atomic mass is 32.1. The van der Waals surface area contributed by atoms with Gasteiger partial charge >= 0.3 is 5.97 Å². The zero-order valence-electron chi connectivity index (χ0n) is 10.4. The lowest BCUT2D eigenvalue weighted by atomic mass is 10.1. The van der Waals surface area contributed by atoms with Crippen molar-refractivity contribution in [2.45, 2.75) is 45.7 Å². The number of carboxylic acid groups (broad SMARTS) is 1. The van der Waals surface area contributed by atoms with Gasteiger partial charge in [0, 0.05) is 22.3 Å². The first-order valence-electron chi connectivity index (χ1n) is 6.08. The van der Waals surface area contributed by atoms with Crippen LogP contribution in [0, 0.1) is 13.8 Å². The highest BCUT2D eigenvalue weighted by Crippen LogP contribution is 2.27. The number of hydrogen-bond donors (Lipinski definition) is 1. The van der Waals surface area contributed by atoms with Crippen LogP contribution in [0.15, 0.2) is 6.07 Å². The van der Waals surface area contributed by atoms with Gasteiger partial charge in [0.15, 0.2) is 0 Å². The van der Waals surface area contributed by atoms with E-state index in [1.165, 1.54) is 15.3 Å². The Hall–Kier alpha value is -0.870. The fraction of sp³-hybridized carbons (Fsp3) is 0.615. The van der Waals surface area contributed by atoms with Crippen LogP contribution in [0.25, 0.3) is 0 Å². The van der Waals surface area contributed by atoms with E-state index in [0.717, 1.165) is 25.9 Å². The van der Waals surface area contributed by atoms with Crippen LogP contribution in [0.4, 0.5) is 0 Å². The molecule has 1 atom stereocenters. The van der Waals surface area contributed by atoms with Crippen molar-refractivity contribution in [3.05, 3.63) is 21.4 Å². The van der Waals surface area contributed by atoms with Gasteiger partial charge in [0.05, 0.1) is 6.42 Å². The minimum absolute atomic E-state index is 0.229. The Morgan fingerprint density at radius 2 is 2.35 bits per heavy atom. The van der Waals surface area contributed by atoms with Crippen LogP contribution in [-0.4, -0.2) is 28.6 Å². The lowest BCUT2D eigenvalue weighted by molar-refractivity contribution is -0.138. The zero-order valence-corrected chi connectivity index (χ0v) is 11.2. The Morgan fingerprint density at radius 1 is 1.59 bits per heavy atom. The third kappa shape index (κ3) is 3.07. The summed E-state index contributed by atoms with van der Waals surface area (Å²) in [6, 6.07) is 2.46. The number of aryl methyl sites for hydroxylation is 2. The Balaban J connectivity index is 2.02. The fourth-order valence-corrected chi connectivity index (χ4v) is 3.53. The molecule has 0 aromatic carbocycles. The van der Waals surface area contributed by atoms with E-state index in [1.807, 2.05) is 11.3 Å². The van der Waals surface area contributed by atoms with E-state index >= 15 is 0 Å².